The van der Waals surface area contributed by atoms with Gasteiger partial charge in [0, 0.05) is 24.8 Å². The Kier molecular flexibility index (Phi) is 3.64. The molecule has 0 N–H and O–H groups in total. The zero-order chi connectivity index (χ0) is 13.8. The van der Waals surface area contributed by atoms with E-state index in [0.717, 1.165) is 23.5 Å². The first-order valence-corrected chi connectivity index (χ1v) is 6.81. The monoisotopic (exact) mass is 264 g/mol. The Morgan fingerprint density at radius 3 is 2.90 bits per heavy atom. The van der Waals surface area contributed by atoms with E-state index in [1.807, 2.05) is 54.6 Å². The van der Waals surface area contributed by atoms with Gasteiger partial charge in [0.05, 0.1) is 0 Å². The van der Waals surface area contributed by atoms with Crippen molar-refractivity contribution in [3.05, 3.63) is 83.9 Å². The molecule has 1 aromatic rings. The van der Waals surface area contributed by atoms with Crippen LogP contribution in [0.1, 0.15) is 12.0 Å². The van der Waals surface area contributed by atoms with Crippen molar-refractivity contribution < 1.29 is 9.53 Å². The molecule has 1 atom stereocenters. The van der Waals surface area contributed by atoms with Gasteiger partial charge in [0.1, 0.15) is 11.5 Å². The molecule has 0 saturated carbocycles. The second-order valence-corrected chi connectivity index (χ2v) is 4.99. The third-order valence-corrected chi connectivity index (χ3v) is 3.40. The van der Waals surface area contributed by atoms with E-state index >= 15 is 0 Å². The Morgan fingerprint density at radius 1 is 1.20 bits per heavy atom. The van der Waals surface area contributed by atoms with E-state index in [1.54, 1.807) is 6.08 Å². The van der Waals surface area contributed by atoms with Crippen molar-refractivity contribution in [3.8, 4) is 0 Å². The molecule has 0 spiro atoms. The average Bonchev–Trinajstić information content (AvgIpc) is 2.68. The van der Waals surface area contributed by atoms with E-state index in [-0.39, 0.29) is 11.7 Å². The van der Waals surface area contributed by atoms with Crippen LogP contribution in [0, 0.1) is 5.92 Å². The van der Waals surface area contributed by atoms with E-state index in [2.05, 4.69) is 6.08 Å². The fraction of sp³-hybridized carbons (Fsp3) is 0.167. The zero-order valence-electron chi connectivity index (χ0n) is 11.2. The summed E-state index contributed by atoms with van der Waals surface area (Å²) in [6.45, 7) is 0. The fourth-order valence-corrected chi connectivity index (χ4v) is 2.44. The molecule has 1 fully saturated rings. The molecule has 0 amide bonds. The summed E-state index contributed by atoms with van der Waals surface area (Å²) in [5.74, 6) is 2.04. The summed E-state index contributed by atoms with van der Waals surface area (Å²) in [6, 6.07) is 9.77. The molecule has 1 aromatic carbocycles. The number of carbonyl (C=O) groups is 1. The first-order valence-electron chi connectivity index (χ1n) is 6.81. The number of allylic oxidation sites excluding steroid dienone is 7. The number of ketones is 1. The SMILES string of the molecule is O=C(/C=C1/CC2C=CC=CC=C2O1)Cc1ccccc1. The summed E-state index contributed by atoms with van der Waals surface area (Å²) in [5.41, 5.74) is 1.03. The third-order valence-electron chi connectivity index (χ3n) is 3.40. The minimum Gasteiger partial charge on any atom is -0.465 e. The Morgan fingerprint density at radius 2 is 2.05 bits per heavy atom. The summed E-state index contributed by atoms with van der Waals surface area (Å²) in [7, 11) is 0. The van der Waals surface area contributed by atoms with Crippen LogP contribution in [0.2, 0.25) is 0 Å². The summed E-state index contributed by atoms with van der Waals surface area (Å²) >= 11 is 0. The number of fused-ring (bicyclic) bond motifs is 1. The van der Waals surface area contributed by atoms with E-state index in [1.165, 1.54) is 0 Å². The van der Waals surface area contributed by atoms with Crippen molar-refractivity contribution in [2.75, 3.05) is 0 Å². The highest BCUT2D eigenvalue weighted by atomic mass is 16.5. The Balaban J connectivity index is 1.68. The highest BCUT2D eigenvalue weighted by molar-refractivity contribution is 5.91. The van der Waals surface area contributed by atoms with Crippen molar-refractivity contribution >= 4 is 5.78 Å². The second-order valence-electron chi connectivity index (χ2n) is 4.99. The maximum absolute atomic E-state index is 12.0. The predicted octanol–water partition coefficient (Wildman–Crippen LogP) is 3.73. The summed E-state index contributed by atoms with van der Waals surface area (Å²) in [5, 5.41) is 0. The van der Waals surface area contributed by atoms with Gasteiger partial charge in [-0.1, -0.05) is 54.6 Å². The van der Waals surface area contributed by atoms with Crippen molar-refractivity contribution in [1.82, 2.24) is 0 Å². The molecule has 2 nitrogen and oxygen atoms in total. The van der Waals surface area contributed by atoms with Crippen LogP contribution in [0.25, 0.3) is 0 Å². The number of hydrogen-bond donors (Lipinski definition) is 0. The minimum absolute atomic E-state index is 0.0859. The van der Waals surface area contributed by atoms with Crippen LogP contribution in [-0.4, -0.2) is 5.78 Å². The number of carbonyl (C=O) groups excluding carboxylic acids is 1. The van der Waals surface area contributed by atoms with E-state index in [9.17, 15) is 4.79 Å². The van der Waals surface area contributed by atoms with Crippen LogP contribution in [0.4, 0.5) is 0 Å². The van der Waals surface area contributed by atoms with Crippen molar-refractivity contribution in [1.29, 1.82) is 0 Å². The second kappa shape index (κ2) is 5.74. The molecule has 1 aliphatic heterocycles. The molecule has 100 valence electrons. The minimum atomic E-state index is 0.0859. The Bertz CT molecular complexity index is 618. The van der Waals surface area contributed by atoms with Gasteiger partial charge in [-0.25, -0.2) is 0 Å². The molecule has 0 aromatic heterocycles. The zero-order valence-corrected chi connectivity index (χ0v) is 11.2. The van der Waals surface area contributed by atoms with Crippen LogP contribution in [-0.2, 0) is 16.0 Å². The van der Waals surface area contributed by atoms with Crippen molar-refractivity contribution in [3.63, 3.8) is 0 Å². The lowest BCUT2D eigenvalue weighted by atomic mass is 10.0. The molecule has 20 heavy (non-hydrogen) atoms. The first kappa shape index (κ1) is 12.7. The standard InChI is InChI=1S/C18H16O2/c19-16(11-14-7-3-1-4-8-14)13-17-12-15-9-5-2-6-10-18(15)20-17/h1-10,13,15H,11-12H2/b17-13-. The van der Waals surface area contributed by atoms with Gasteiger partial charge in [0.25, 0.3) is 0 Å². The largest absolute Gasteiger partial charge is 0.465 e. The lowest BCUT2D eigenvalue weighted by molar-refractivity contribution is -0.114. The fourth-order valence-electron chi connectivity index (χ4n) is 2.44. The van der Waals surface area contributed by atoms with Crippen LogP contribution < -0.4 is 0 Å². The van der Waals surface area contributed by atoms with Crippen LogP contribution in [0.15, 0.2) is 78.3 Å². The molecule has 2 heteroatoms. The van der Waals surface area contributed by atoms with E-state index in [4.69, 9.17) is 4.74 Å². The number of benzene rings is 1. The average molecular weight is 264 g/mol. The van der Waals surface area contributed by atoms with Gasteiger partial charge < -0.3 is 4.74 Å². The lowest BCUT2D eigenvalue weighted by Crippen LogP contribution is -1.99. The maximum atomic E-state index is 12.0. The van der Waals surface area contributed by atoms with Gasteiger partial charge >= 0.3 is 0 Å². The number of rotatable bonds is 3. The van der Waals surface area contributed by atoms with Crippen molar-refractivity contribution in [2.45, 2.75) is 12.8 Å². The van der Waals surface area contributed by atoms with Crippen LogP contribution in [0.3, 0.4) is 0 Å². The highest BCUT2D eigenvalue weighted by Gasteiger charge is 2.25. The molecular weight excluding hydrogens is 248 g/mol. The van der Waals surface area contributed by atoms with Gasteiger partial charge in [-0.3, -0.25) is 4.79 Å². The molecule has 1 aliphatic carbocycles. The van der Waals surface area contributed by atoms with Gasteiger partial charge in [-0.15, -0.1) is 0 Å². The topological polar surface area (TPSA) is 26.3 Å². The van der Waals surface area contributed by atoms with Crippen LogP contribution >= 0.6 is 0 Å². The van der Waals surface area contributed by atoms with Crippen LogP contribution in [0.5, 0.6) is 0 Å². The van der Waals surface area contributed by atoms with Crippen molar-refractivity contribution in [2.24, 2.45) is 5.92 Å². The molecular formula is C18H16O2. The van der Waals surface area contributed by atoms with Gasteiger partial charge in [0.2, 0.25) is 0 Å². The molecule has 1 heterocycles. The first-order chi connectivity index (χ1) is 9.81. The highest BCUT2D eigenvalue weighted by Crippen LogP contribution is 2.34. The normalized spacial score (nSPS) is 22.1. The van der Waals surface area contributed by atoms with E-state index in [0.29, 0.717) is 6.42 Å². The summed E-state index contributed by atoms with van der Waals surface area (Å²) in [6.07, 6.45) is 12.9. The Labute approximate surface area is 118 Å². The molecule has 0 radical (unpaired) electrons. The number of hydrogen-bond acceptors (Lipinski definition) is 2. The third kappa shape index (κ3) is 2.97. The lowest BCUT2D eigenvalue weighted by Gasteiger charge is -2.01. The smallest absolute Gasteiger partial charge is 0.163 e. The summed E-state index contributed by atoms with van der Waals surface area (Å²) in [4.78, 5) is 12.0. The molecule has 2 aliphatic rings. The molecule has 3 rings (SSSR count). The maximum Gasteiger partial charge on any atom is 0.163 e. The summed E-state index contributed by atoms with van der Waals surface area (Å²) < 4.78 is 5.75. The molecule has 0 bridgehead atoms. The molecule has 1 unspecified atom stereocenters. The quantitative estimate of drug-likeness (QED) is 0.778. The van der Waals surface area contributed by atoms with Gasteiger partial charge in [-0.2, -0.15) is 0 Å². The predicted molar refractivity (Wildman–Crippen MR) is 78.8 cm³/mol. The van der Waals surface area contributed by atoms with Gasteiger partial charge in [-0.05, 0) is 11.6 Å². The van der Waals surface area contributed by atoms with Gasteiger partial charge in [0.15, 0.2) is 5.78 Å². The Hall–Kier alpha value is -2.35. The molecule has 1 saturated heterocycles. The van der Waals surface area contributed by atoms with E-state index < -0.39 is 0 Å². The number of ether oxygens (including phenoxy) is 1.